The molecular weight excluding hydrogens is 302 g/mol. The Morgan fingerprint density at radius 2 is 1.89 bits per heavy atom. The van der Waals surface area contributed by atoms with Gasteiger partial charge in [0.15, 0.2) is 0 Å². The quantitative estimate of drug-likeness (QED) is 0.865. The summed E-state index contributed by atoms with van der Waals surface area (Å²) in [6, 6.07) is 12.3. The van der Waals surface area contributed by atoms with Crippen molar-refractivity contribution >= 4 is 21.6 Å². The maximum Gasteiger partial charge on any atom is 0.120 e. The second kappa shape index (κ2) is 5.25. The van der Waals surface area contributed by atoms with Gasteiger partial charge in [0, 0.05) is 10.2 Å². The van der Waals surface area contributed by atoms with Gasteiger partial charge < -0.3 is 10.5 Å². The third-order valence-electron chi connectivity index (χ3n) is 3.54. The van der Waals surface area contributed by atoms with Crippen LogP contribution in [0.2, 0.25) is 0 Å². The lowest BCUT2D eigenvalue weighted by Crippen LogP contribution is -1.98. The fraction of sp³-hybridized carbons (Fsp3) is 0.250. The third kappa shape index (κ3) is 2.76. The van der Waals surface area contributed by atoms with Gasteiger partial charge in [0.25, 0.3) is 0 Å². The Labute approximate surface area is 121 Å². The molecule has 0 atom stereocenters. The van der Waals surface area contributed by atoms with E-state index in [0.717, 1.165) is 21.5 Å². The van der Waals surface area contributed by atoms with Crippen LogP contribution in [0.15, 0.2) is 40.9 Å². The van der Waals surface area contributed by atoms with Crippen LogP contribution in [0, 0.1) is 0 Å². The normalized spacial score (nSPS) is 13.3. The van der Waals surface area contributed by atoms with Crippen LogP contribution in [-0.2, 0) is 19.4 Å². The molecule has 0 bridgehead atoms. The molecule has 3 rings (SSSR count). The van der Waals surface area contributed by atoms with Crippen LogP contribution < -0.4 is 10.5 Å². The van der Waals surface area contributed by atoms with Crippen LogP contribution in [0.1, 0.15) is 23.1 Å². The number of benzene rings is 2. The molecule has 0 heterocycles. The number of nitrogens with two attached hydrogens (primary N) is 1. The predicted octanol–water partition coefficient (Wildman–Crippen LogP) is 4.10. The number of nitrogen functional groups attached to an aromatic ring is 1. The van der Waals surface area contributed by atoms with Gasteiger partial charge >= 0.3 is 0 Å². The zero-order valence-corrected chi connectivity index (χ0v) is 12.2. The molecule has 0 amide bonds. The average molecular weight is 318 g/mol. The number of ether oxygens (including phenoxy) is 1. The molecule has 19 heavy (non-hydrogen) atoms. The first-order valence-electron chi connectivity index (χ1n) is 6.51. The minimum Gasteiger partial charge on any atom is -0.489 e. The van der Waals surface area contributed by atoms with Crippen molar-refractivity contribution in [3.05, 3.63) is 57.6 Å². The van der Waals surface area contributed by atoms with Crippen LogP contribution in [0.4, 0.5) is 5.69 Å². The monoisotopic (exact) mass is 317 g/mol. The number of rotatable bonds is 3. The van der Waals surface area contributed by atoms with E-state index in [-0.39, 0.29) is 0 Å². The van der Waals surface area contributed by atoms with Crippen LogP contribution >= 0.6 is 15.9 Å². The van der Waals surface area contributed by atoms with Gasteiger partial charge in [0.1, 0.15) is 12.4 Å². The Hall–Kier alpha value is -1.48. The summed E-state index contributed by atoms with van der Waals surface area (Å²) in [5, 5.41) is 0. The number of halogens is 1. The second-order valence-corrected chi connectivity index (χ2v) is 5.78. The molecule has 2 aromatic rings. The first-order valence-corrected chi connectivity index (χ1v) is 7.30. The van der Waals surface area contributed by atoms with Gasteiger partial charge in [0.05, 0.1) is 0 Å². The second-order valence-electron chi connectivity index (χ2n) is 4.93. The van der Waals surface area contributed by atoms with Gasteiger partial charge in [-0.15, -0.1) is 0 Å². The number of anilines is 1. The van der Waals surface area contributed by atoms with Crippen molar-refractivity contribution in [3.63, 3.8) is 0 Å². The van der Waals surface area contributed by atoms with Gasteiger partial charge in [0.2, 0.25) is 0 Å². The smallest absolute Gasteiger partial charge is 0.120 e. The number of hydrogen-bond donors (Lipinski definition) is 1. The lowest BCUT2D eigenvalue weighted by molar-refractivity contribution is 0.306. The summed E-state index contributed by atoms with van der Waals surface area (Å²) >= 11 is 3.39. The largest absolute Gasteiger partial charge is 0.489 e. The van der Waals surface area contributed by atoms with Crippen molar-refractivity contribution < 1.29 is 4.74 Å². The molecule has 98 valence electrons. The number of aryl methyl sites for hydroxylation is 2. The van der Waals surface area contributed by atoms with Crippen molar-refractivity contribution in [1.29, 1.82) is 0 Å². The minimum absolute atomic E-state index is 0.552. The van der Waals surface area contributed by atoms with E-state index < -0.39 is 0 Å². The molecule has 0 unspecified atom stereocenters. The summed E-state index contributed by atoms with van der Waals surface area (Å²) in [4.78, 5) is 0. The van der Waals surface area contributed by atoms with Crippen LogP contribution in [0.5, 0.6) is 5.75 Å². The fourth-order valence-electron chi connectivity index (χ4n) is 2.49. The summed E-state index contributed by atoms with van der Waals surface area (Å²) in [5.74, 6) is 0.946. The van der Waals surface area contributed by atoms with Crippen LogP contribution in [-0.4, -0.2) is 0 Å². The van der Waals surface area contributed by atoms with E-state index in [2.05, 4.69) is 34.1 Å². The van der Waals surface area contributed by atoms with E-state index in [1.165, 1.54) is 30.4 Å². The molecule has 2 aromatic carbocycles. The summed E-state index contributed by atoms with van der Waals surface area (Å²) < 4.78 is 6.77. The lowest BCUT2D eigenvalue weighted by atomic mass is 10.1. The topological polar surface area (TPSA) is 35.2 Å². The zero-order chi connectivity index (χ0) is 13.2. The minimum atomic E-state index is 0.552. The highest BCUT2D eigenvalue weighted by atomic mass is 79.9. The summed E-state index contributed by atoms with van der Waals surface area (Å²) in [6.45, 7) is 0.552. The Morgan fingerprint density at radius 1 is 1.05 bits per heavy atom. The molecule has 0 fully saturated rings. The molecule has 3 heteroatoms. The molecule has 0 aromatic heterocycles. The Bertz CT molecular complexity index is 610. The lowest BCUT2D eigenvalue weighted by Gasteiger charge is -2.09. The Kier molecular flexibility index (Phi) is 3.47. The third-order valence-corrected chi connectivity index (χ3v) is 4.26. The van der Waals surface area contributed by atoms with Crippen LogP contribution in [0.25, 0.3) is 0 Å². The zero-order valence-electron chi connectivity index (χ0n) is 10.7. The van der Waals surface area contributed by atoms with Crippen molar-refractivity contribution in [2.45, 2.75) is 25.9 Å². The highest BCUT2D eigenvalue weighted by Crippen LogP contribution is 2.27. The molecule has 1 aliphatic rings. The van der Waals surface area contributed by atoms with E-state index >= 15 is 0 Å². The molecular formula is C16H16BrNO. The van der Waals surface area contributed by atoms with E-state index in [9.17, 15) is 0 Å². The van der Waals surface area contributed by atoms with Gasteiger partial charge in [-0.3, -0.25) is 0 Å². The van der Waals surface area contributed by atoms with Crippen molar-refractivity contribution in [1.82, 2.24) is 0 Å². The molecule has 1 aliphatic carbocycles. The Morgan fingerprint density at radius 3 is 2.74 bits per heavy atom. The summed E-state index contributed by atoms with van der Waals surface area (Å²) in [7, 11) is 0. The molecule has 2 nitrogen and oxygen atoms in total. The molecule has 0 aliphatic heterocycles. The van der Waals surface area contributed by atoms with Crippen molar-refractivity contribution in [2.75, 3.05) is 5.73 Å². The number of fused-ring (bicyclic) bond motifs is 1. The molecule has 0 saturated heterocycles. The van der Waals surface area contributed by atoms with E-state index in [4.69, 9.17) is 10.5 Å². The van der Waals surface area contributed by atoms with Crippen molar-refractivity contribution in [3.8, 4) is 5.75 Å². The van der Waals surface area contributed by atoms with Crippen LogP contribution in [0.3, 0.4) is 0 Å². The van der Waals surface area contributed by atoms with Gasteiger partial charge in [-0.25, -0.2) is 0 Å². The molecule has 0 saturated carbocycles. The first kappa shape index (κ1) is 12.5. The van der Waals surface area contributed by atoms with Gasteiger partial charge in [-0.1, -0.05) is 12.1 Å². The average Bonchev–Trinajstić information content (AvgIpc) is 2.87. The predicted molar refractivity (Wildman–Crippen MR) is 81.4 cm³/mol. The number of hydrogen-bond acceptors (Lipinski definition) is 2. The maximum atomic E-state index is 5.86. The molecule has 2 N–H and O–H groups in total. The molecule has 0 radical (unpaired) electrons. The Balaban J connectivity index is 1.70. The van der Waals surface area contributed by atoms with E-state index in [0.29, 0.717) is 6.61 Å². The van der Waals surface area contributed by atoms with Gasteiger partial charge in [-0.05, 0) is 76.1 Å². The van der Waals surface area contributed by atoms with Crippen molar-refractivity contribution in [2.24, 2.45) is 0 Å². The highest BCUT2D eigenvalue weighted by Gasteiger charge is 2.11. The van der Waals surface area contributed by atoms with E-state index in [1.807, 2.05) is 18.2 Å². The standard InChI is InChI=1S/C16H16BrNO/c17-15-7-4-11(8-16(15)18)10-19-14-6-5-12-2-1-3-13(12)9-14/h4-9H,1-3,10,18H2. The highest BCUT2D eigenvalue weighted by molar-refractivity contribution is 9.10. The summed E-state index contributed by atoms with van der Waals surface area (Å²) in [5.41, 5.74) is 10.6. The SMILES string of the molecule is Nc1cc(COc2ccc3c(c2)CCC3)ccc1Br. The summed E-state index contributed by atoms with van der Waals surface area (Å²) in [6.07, 6.45) is 3.65. The first-order chi connectivity index (χ1) is 9.22. The van der Waals surface area contributed by atoms with E-state index in [1.54, 1.807) is 0 Å². The fourth-order valence-corrected chi connectivity index (χ4v) is 2.73. The maximum absolute atomic E-state index is 5.86. The molecule has 0 spiro atoms. The van der Waals surface area contributed by atoms with Gasteiger partial charge in [-0.2, -0.15) is 0 Å².